The van der Waals surface area contributed by atoms with Crippen LogP contribution in [0, 0.1) is 17.8 Å². The Bertz CT molecular complexity index is 278. The van der Waals surface area contributed by atoms with Gasteiger partial charge in [-0.15, -0.1) is 0 Å². The van der Waals surface area contributed by atoms with E-state index >= 15 is 0 Å². The normalized spacial score (nSPS) is 30.4. The predicted octanol–water partition coefficient (Wildman–Crippen LogP) is 4.11. The van der Waals surface area contributed by atoms with E-state index in [1.165, 1.54) is 19.3 Å². The SMILES string of the molecule is CC(C)CC1=CC2C=CC=CC2CC1. The van der Waals surface area contributed by atoms with Crippen molar-refractivity contribution < 1.29 is 0 Å². The van der Waals surface area contributed by atoms with Gasteiger partial charge in [0.2, 0.25) is 0 Å². The molecule has 0 radical (unpaired) electrons. The maximum Gasteiger partial charge on any atom is 0.00154 e. The Labute approximate surface area is 87.4 Å². The molecular weight excluding hydrogens is 168 g/mol. The quantitative estimate of drug-likeness (QED) is 0.572. The highest BCUT2D eigenvalue weighted by molar-refractivity contribution is 5.24. The van der Waals surface area contributed by atoms with Crippen LogP contribution in [0.15, 0.2) is 36.0 Å². The van der Waals surface area contributed by atoms with Gasteiger partial charge in [0, 0.05) is 5.92 Å². The van der Waals surface area contributed by atoms with Gasteiger partial charge >= 0.3 is 0 Å². The van der Waals surface area contributed by atoms with Gasteiger partial charge in [0.1, 0.15) is 0 Å². The molecule has 2 aliphatic rings. The van der Waals surface area contributed by atoms with Gasteiger partial charge in [0.05, 0.1) is 0 Å². The second-order valence-corrected chi connectivity index (χ2v) is 4.97. The van der Waals surface area contributed by atoms with E-state index in [0.29, 0.717) is 5.92 Å². The van der Waals surface area contributed by atoms with Crippen molar-refractivity contribution in [2.75, 3.05) is 0 Å². The maximum atomic E-state index is 2.51. The molecule has 0 aromatic rings. The monoisotopic (exact) mass is 188 g/mol. The number of rotatable bonds is 2. The second kappa shape index (κ2) is 4.16. The molecule has 76 valence electrons. The van der Waals surface area contributed by atoms with Gasteiger partial charge in [-0.3, -0.25) is 0 Å². The molecule has 2 atom stereocenters. The third kappa shape index (κ3) is 2.17. The number of fused-ring (bicyclic) bond motifs is 1. The lowest BCUT2D eigenvalue weighted by atomic mass is 9.77. The third-order valence-electron chi connectivity index (χ3n) is 3.19. The molecule has 2 aliphatic carbocycles. The summed E-state index contributed by atoms with van der Waals surface area (Å²) >= 11 is 0. The van der Waals surface area contributed by atoms with Gasteiger partial charge in [-0.25, -0.2) is 0 Å². The molecule has 0 spiro atoms. The van der Waals surface area contributed by atoms with Crippen molar-refractivity contribution in [3.8, 4) is 0 Å². The fourth-order valence-electron chi connectivity index (χ4n) is 2.54. The zero-order valence-corrected chi connectivity index (χ0v) is 9.24. The lowest BCUT2D eigenvalue weighted by molar-refractivity contribution is 0.461. The smallest absolute Gasteiger partial charge is 0.00154 e. The Morgan fingerprint density at radius 3 is 2.86 bits per heavy atom. The first-order valence-corrected chi connectivity index (χ1v) is 5.80. The topological polar surface area (TPSA) is 0 Å². The molecule has 0 bridgehead atoms. The Hall–Kier alpha value is -0.780. The van der Waals surface area contributed by atoms with Gasteiger partial charge in [-0.1, -0.05) is 49.8 Å². The predicted molar refractivity (Wildman–Crippen MR) is 62.0 cm³/mol. The Morgan fingerprint density at radius 2 is 2.07 bits per heavy atom. The van der Waals surface area contributed by atoms with E-state index in [-0.39, 0.29) is 0 Å². The Morgan fingerprint density at radius 1 is 1.29 bits per heavy atom. The average Bonchev–Trinajstić information content (AvgIpc) is 2.17. The van der Waals surface area contributed by atoms with Crippen molar-refractivity contribution >= 4 is 0 Å². The van der Waals surface area contributed by atoms with Crippen LogP contribution in [-0.4, -0.2) is 0 Å². The molecule has 0 amide bonds. The summed E-state index contributed by atoms with van der Waals surface area (Å²) in [6.45, 7) is 4.62. The minimum Gasteiger partial charge on any atom is -0.0805 e. The highest BCUT2D eigenvalue weighted by Gasteiger charge is 2.21. The molecule has 14 heavy (non-hydrogen) atoms. The van der Waals surface area contributed by atoms with Gasteiger partial charge < -0.3 is 0 Å². The van der Waals surface area contributed by atoms with E-state index in [0.717, 1.165) is 11.8 Å². The van der Waals surface area contributed by atoms with Crippen LogP contribution in [0.1, 0.15) is 33.1 Å². The number of hydrogen-bond donors (Lipinski definition) is 0. The van der Waals surface area contributed by atoms with Crippen molar-refractivity contribution in [1.29, 1.82) is 0 Å². The van der Waals surface area contributed by atoms with Crippen LogP contribution in [0.3, 0.4) is 0 Å². The van der Waals surface area contributed by atoms with E-state index in [2.05, 4.69) is 44.2 Å². The van der Waals surface area contributed by atoms with Gasteiger partial charge in [-0.05, 0) is 31.1 Å². The molecular formula is C14H20. The summed E-state index contributed by atoms with van der Waals surface area (Å²) in [4.78, 5) is 0. The molecule has 0 heteroatoms. The fourth-order valence-corrected chi connectivity index (χ4v) is 2.54. The van der Waals surface area contributed by atoms with Crippen LogP contribution in [0.2, 0.25) is 0 Å². The van der Waals surface area contributed by atoms with Crippen LogP contribution in [-0.2, 0) is 0 Å². The van der Waals surface area contributed by atoms with E-state index in [4.69, 9.17) is 0 Å². The molecule has 2 unspecified atom stereocenters. The van der Waals surface area contributed by atoms with Crippen LogP contribution < -0.4 is 0 Å². The van der Waals surface area contributed by atoms with E-state index in [1.807, 2.05) is 0 Å². The van der Waals surface area contributed by atoms with Crippen LogP contribution in [0.25, 0.3) is 0 Å². The van der Waals surface area contributed by atoms with Crippen molar-refractivity contribution in [3.63, 3.8) is 0 Å². The Kier molecular flexibility index (Phi) is 2.90. The lowest BCUT2D eigenvalue weighted by Crippen LogP contribution is -2.16. The maximum absolute atomic E-state index is 2.51. The highest BCUT2D eigenvalue weighted by Crippen LogP contribution is 2.34. The van der Waals surface area contributed by atoms with Crippen molar-refractivity contribution in [2.24, 2.45) is 17.8 Å². The van der Waals surface area contributed by atoms with Crippen LogP contribution in [0.5, 0.6) is 0 Å². The largest absolute Gasteiger partial charge is 0.0805 e. The van der Waals surface area contributed by atoms with E-state index < -0.39 is 0 Å². The molecule has 2 rings (SSSR count). The van der Waals surface area contributed by atoms with Crippen molar-refractivity contribution in [1.82, 2.24) is 0 Å². The molecule has 0 nitrogen and oxygen atoms in total. The average molecular weight is 188 g/mol. The first kappa shape index (κ1) is 9.76. The summed E-state index contributed by atoms with van der Waals surface area (Å²) in [7, 11) is 0. The summed E-state index contributed by atoms with van der Waals surface area (Å²) in [5.74, 6) is 2.29. The standard InChI is InChI=1S/C14H20/c1-11(2)9-12-7-8-13-5-3-4-6-14(13)10-12/h3-6,10-11,13-14H,7-9H2,1-2H3. The minimum absolute atomic E-state index is 0.697. The number of allylic oxidation sites excluding steroid dienone is 6. The second-order valence-electron chi connectivity index (χ2n) is 4.97. The molecule has 0 heterocycles. The summed E-state index contributed by atoms with van der Waals surface area (Å²) in [6, 6.07) is 0. The van der Waals surface area contributed by atoms with Crippen LogP contribution >= 0.6 is 0 Å². The van der Waals surface area contributed by atoms with Gasteiger partial charge in [-0.2, -0.15) is 0 Å². The molecule has 0 aliphatic heterocycles. The minimum atomic E-state index is 0.697. The summed E-state index contributed by atoms with van der Waals surface area (Å²) in [5, 5.41) is 0. The van der Waals surface area contributed by atoms with E-state index in [1.54, 1.807) is 5.57 Å². The Balaban J connectivity index is 2.06. The summed E-state index contributed by atoms with van der Waals surface area (Å²) in [6.07, 6.45) is 15.6. The molecule has 0 aromatic carbocycles. The molecule has 0 N–H and O–H groups in total. The summed E-state index contributed by atoms with van der Waals surface area (Å²) < 4.78 is 0. The first-order chi connectivity index (χ1) is 6.75. The van der Waals surface area contributed by atoms with Crippen molar-refractivity contribution in [2.45, 2.75) is 33.1 Å². The zero-order chi connectivity index (χ0) is 9.97. The lowest BCUT2D eigenvalue weighted by Gasteiger charge is -2.28. The third-order valence-corrected chi connectivity index (χ3v) is 3.19. The molecule has 0 fully saturated rings. The highest BCUT2D eigenvalue weighted by atomic mass is 14.3. The molecule has 0 saturated heterocycles. The fraction of sp³-hybridized carbons (Fsp3) is 0.571. The van der Waals surface area contributed by atoms with E-state index in [9.17, 15) is 0 Å². The molecule has 0 aromatic heterocycles. The zero-order valence-electron chi connectivity index (χ0n) is 9.24. The first-order valence-electron chi connectivity index (χ1n) is 5.80. The molecule has 0 saturated carbocycles. The van der Waals surface area contributed by atoms with Gasteiger partial charge in [0.15, 0.2) is 0 Å². The number of hydrogen-bond acceptors (Lipinski definition) is 0. The van der Waals surface area contributed by atoms with Gasteiger partial charge in [0.25, 0.3) is 0 Å². The summed E-state index contributed by atoms with van der Waals surface area (Å²) in [5.41, 5.74) is 1.68. The van der Waals surface area contributed by atoms with Crippen molar-refractivity contribution in [3.05, 3.63) is 36.0 Å². The van der Waals surface area contributed by atoms with Crippen LogP contribution in [0.4, 0.5) is 0 Å².